The molecule has 4 heteroatoms. The van der Waals surface area contributed by atoms with Gasteiger partial charge in [0.2, 0.25) is 0 Å². The number of aromatic nitrogens is 1. The van der Waals surface area contributed by atoms with Crippen LogP contribution in [0.25, 0.3) is 10.9 Å². The van der Waals surface area contributed by atoms with Crippen molar-refractivity contribution in [3.8, 4) is 5.75 Å². The predicted molar refractivity (Wildman–Crippen MR) is 83.3 cm³/mol. The van der Waals surface area contributed by atoms with E-state index >= 15 is 0 Å². The van der Waals surface area contributed by atoms with Gasteiger partial charge in [0.05, 0.1) is 12.6 Å². The van der Waals surface area contributed by atoms with Gasteiger partial charge in [0, 0.05) is 27.1 Å². The monoisotopic (exact) mass is 282 g/mol. The molecule has 100 valence electrons. The molecule has 3 aromatic rings. The zero-order valence-corrected chi connectivity index (χ0v) is 11.9. The van der Waals surface area contributed by atoms with E-state index in [4.69, 9.17) is 10.5 Å². The van der Waals surface area contributed by atoms with Gasteiger partial charge in [-0.05, 0) is 42.5 Å². The molecule has 3 rings (SSSR count). The predicted octanol–water partition coefficient (Wildman–Crippen LogP) is 3.98. The van der Waals surface area contributed by atoms with Crippen molar-refractivity contribution in [2.75, 3.05) is 12.8 Å². The second-order valence-corrected chi connectivity index (χ2v) is 5.45. The molecule has 1 heterocycles. The SMILES string of the molecule is COc1cccc(Sc2ccc(N)c3cccnc23)c1. The Morgan fingerprint density at radius 3 is 2.85 bits per heavy atom. The third kappa shape index (κ3) is 2.42. The lowest BCUT2D eigenvalue weighted by molar-refractivity contribution is 0.413. The molecule has 2 N–H and O–H groups in total. The Labute approximate surface area is 121 Å². The Hall–Kier alpha value is -2.20. The Bertz CT molecular complexity index is 758. The minimum atomic E-state index is 0.753. The number of hydrogen-bond acceptors (Lipinski definition) is 4. The first-order valence-electron chi connectivity index (χ1n) is 6.23. The molecule has 0 saturated carbocycles. The van der Waals surface area contributed by atoms with E-state index in [0.29, 0.717) is 0 Å². The second kappa shape index (κ2) is 5.43. The largest absolute Gasteiger partial charge is 0.497 e. The smallest absolute Gasteiger partial charge is 0.119 e. The summed E-state index contributed by atoms with van der Waals surface area (Å²) in [6, 6.07) is 15.8. The second-order valence-electron chi connectivity index (χ2n) is 4.33. The van der Waals surface area contributed by atoms with Crippen LogP contribution in [0.2, 0.25) is 0 Å². The number of nitrogen functional groups attached to an aromatic ring is 1. The highest BCUT2D eigenvalue weighted by Crippen LogP contribution is 2.35. The highest BCUT2D eigenvalue weighted by atomic mass is 32.2. The molecule has 0 saturated heterocycles. The number of benzene rings is 2. The first kappa shape index (κ1) is 12.8. The molecule has 0 aliphatic heterocycles. The summed E-state index contributed by atoms with van der Waals surface area (Å²) in [6.07, 6.45) is 1.79. The van der Waals surface area contributed by atoms with E-state index in [2.05, 4.69) is 11.1 Å². The first-order chi connectivity index (χ1) is 9.78. The fourth-order valence-corrected chi connectivity index (χ4v) is 3.01. The maximum atomic E-state index is 5.99. The van der Waals surface area contributed by atoms with Crippen molar-refractivity contribution in [2.24, 2.45) is 0 Å². The van der Waals surface area contributed by atoms with Crippen LogP contribution in [0, 0.1) is 0 Å². The Morgan fingerprint density at radius 1 is 1.10 bits per heavy atom. The molecule has 2 aromatic carbocycles. The number of hydrogen-bond donors (Lipinski definition) is 1. The molecule has 0 spiro atoms. The molecule has 0 bridgehead atoms. The molecule has 3 nitrogen and oxygen atoms in total. The quantitative estimate of drug-likeness (QED) is 0.738. The lowest BCUT2D eigenvalue weighted by Crippen LogP contribution is -1.90. The molecular weight excluding hydrogens is 268 g/mol. The van der Waals surface area contributed by atoms with Gasteiger partial charge in [-0.15, -0.1) is 0 Å². The third-order valence-electron chi connectivity index (χ3n) is 3.04. The molecule has 20 heavy (non-hydrogen) atoms. The zero-order chi connectivity index (χ0) is 13.9. The van der Waals surface area contributed by atoms with Crippen LogP contribution in [-0.2, 0) is 0 Å². The van der Waals surface area contributed by atoms with Crippen LogP contribution >= 0.6 is 11.8 Å². The molecule has 0 unspecified atom stereocenters. The number of ether oxygens (including phenoxy) is 1. The molecule has 1 aromatic heterocycles. The average Bonchev–Trinajstić information content (AvgIpc) is 2.51. The molecule has 0 amide bonds. The first-order valence-corrected chi connectivity index (χ1v) is 7.04. The summed E-state index contributed by atoms with van der Waals surface area (Å²) in [5.74, 6) is 0.850. The topological polar surface area (TPSA) is 48.1 Å². The van der Waals surface area contributed by atoms with Gasteiger partial charge in [0.1, 0.15) is 5.75 Å². The van der Waals surface area contributed by atoms with Gasteiger partial charge in [0.25, 0.3) is 0 Å². The van der Waals surface area contributed by atoms with Crippen LogP contribution in [0.15, 0.2) is 64.5 Å². The van der Waals surface area contributed by atoms with E-state index in [9.17, 15) is 0 Å². The summed E-state index contributed by atoms with van der Waals surface area (Å²) >= 11 is 1.66. The molecule has 0 radical (unpaired) electrons. The standard InChI is InChI=1S/C16H14N2OS/c1-19-11-4-2-5-12(10-11)20-15-8-7-14(17)13-6-3-9-18-16(13)15/h2-10H,17H2,1H3. The van der Waals surface area contributed by atoms with Gasteiger partial charge in [-0.1, -0.05) is 17.8 Å². The van der Waals surface area contributed by atoms with Gasteiger partial charge in [-0.25, -0.2) is 0 Å². The van der Waals surface area contributed by atoms with E-state index in [0.717, 1.165) is 32.1 Å². The minimum absolute atomic E-state index is 0.753. The van der Waals surface area contributed by atoms with Crippen molar-refractivity contribution >= 4 is 28.4 Å². The summed E-state index contributed by atoms with van der Waals surface area (Å²) in [7, 11) is 1.67. The average molecular weight is 282 g/mol. The van der Waals surface area contributed by atoms with Gasteiger partial charge in [-0.3, -0.25) is 4.98 Å². The lowest BCUT2D eigenvalue weighted by Gasteiger charge is -2.08. The normalized spacial score (nSPS) is 10.7. The van der Waals surface area contributed by atoms with Crippen molar-refractivity contribution in [3.05, 3.63) is 54.7 Å². The number of fused-ring (bicyclic) bond motifs is 1. The summed E-state index contributed by atoms with van der Waals surface area (Å²) < 4.78 is 5.25. The van der Waals surface area contributed by atoms with Gasteiger partial charge in [-0.2, -0.15) is 0 Å². The molecule has 0 aliphatic carbocycles. The van der Waals surface area contributed by atoms with Crippen LogP contribution < -0.4 is 10.5 Å². The maximum Gasteiger partial charge on any atom is 0.119 e. The fourth-order valence-electron chi connectivity index (χ4n) is 2.04. The third-order valence-corrected chi connectivity index (χ3v) is 4.07. The number of pyridine rings is 1. The highest BCUT2D eigenvalue weighted by molar-refractivity contribution is 7.99. The Morgan fingerprint density at radius 2 is 2.00 bits per heavy atom. The molecule has 0 fully saturated rings. The number of rotatable bonds is 3. The van der Waals surface area contributed by atoms with Crippen LogP contribution in [-0.4, -0.2) is 12.1 Å². The summed E-state index contributed by atoms with van der Waals surface area (Å²) in [5.41, 5.74) is 7.68. The van der Waals surface area contributed by atoms with Gasteiger partial charge < -0.3 is 10.5 Å². The van der Waals surface area contributed by atoms with Crippen LogP contribution in [0.5, 0.6) is 5.75 Å². The summed E-state index contributed by atoms with van der Waals surface area (Å²) in [5, 5.41) is 0.986. The van der Waals surface area contributed by atoms with Crippen molar-refractivity contribution in [1.82, 2.24) is 4.98 Å². The molecule has 0 atom stereocenters. The lowest BCUT2D eigenvalue weighted by atomic mass is 10.2. The molecular formula is C16H14N2OS. The number of anilines is 1. The number of methoxy groups -OCH3 is 1. The highest BCUT2D eigenvalue weighted by Gasteiger charge is 2.07. The summed E-state index contributed by atoms with van der Waals surface area (Å²) in [6.45, 7) is 0. The van der Waals surface area contributed by atoms with Crippen molar-refractivity contribution in [3.63, 3.8) is 0 Å². The van der Waals surface area contributed by atoms with E-state index in [1.54, 1.807) is 25.1 Å². The molecule has 0 aliphatic rings. The Balaban J connectivity index is 2.04. The van der Waals surface area contributed by atoms with Crippen molar-refractivity contribution in [2.45, 2.75) is 9.79 Å². The van der Waals surface area contributed by atoms with Crippen LogP contribution in [0.1, 0.15) is 0 Å². The van der Waals surface area contributed by atoms with Gasteiger partial charge in [0.15, 0.2) is 0 Å². The van der Waals surface area contributed by atoms with Crippen LogP contribution in [0.3, 0.4) is 0 Å². The van der Waals surface area contributed by atoms with Crippen molar-refractivity contribution < 1.29 is 4.74 Å². The van der Waals surface area contributed by atoms with E-state index in [1.165, 1.54) is 0 Å². The Kier molecular flexibility index (Phi) is 3.48. The zero-order valence-electron chi connectivity index (χ0n) is 11.0. The number of nitrogens with two attached hydrogens (primary N) is 1. The van der Waals surface area contributed by atoms with Crippen molar-refractivity contribution in [1.29, 1.82) is 0 Å². The maximum absolute atomic E-state index is 5.99. The fraction of sp³-hybridized carbons (Fsp3) is 0.0625. The van der Waals surface area contributed by atoms with E-state index < -0.39 is 0 Å². The summed E-state index contributed by atoms with van der Waals surface area (Å²) in [4.78, 5) is 6.65. The number of nitrogens with zero attached hydrogens (tertiary/aromatic N) is 1. The minimum Gasteiger partial charge on any atom is -0.497 e. The van der Waals surface area contributed by atoms with Crippen LogP contribution in [0.4, 0.5) is 5.69 Å². The van der Waals surface area contributed by atoms with Gasteiger partial charge >= 0.3 is 0 Å². The van der Waals surface area contributed by atoms with E-state index in [-0.39, 0.29) is 0 Å². The van der Waals surface area contributed by atoms with E-state index in [1.807, 2.05) is 42.5 Å².